The van der Waals surface area contributed by atoms with Crippen molar-refractivity contribution in [1.82, 2.24) is 15.1 Å². The van der Waals surface area contributed by atoms with Gasteiger partial charge in [-0.2, -0.15) is 0 Å². The van der Waals surface area contributed by atoms with Crippen molar-refractivity contribution in [3.63, 3.8) is 0 Å². The molecule has 1 N–H and O–H groups in total. The summed E-state index contributed by atoms with van der Waals surface area (Å²) in [5.41, 5.74) is 1.32. The second-order valence-electron chi connectivity index (χ2n) is 6.83. The number of piperidine rings is 1. The van der Waals surface area contributed by atoms with Gasteiger partial charge in [0, 0.05) is 26.2 Å². The van der Waals surface area contributed by atoms with Crippen LogP contribution in [0, 0.1) is 0 Å². The third kappa shape index (κ3) is 4.84. The van der Waals surface area contributed by atoms with Crippen LogP contribution in [-0.4, -0.2) is 54.7 Å². The van der Waals surface area contributed by atoms with Gasteiger partial charge in [0.2, 0.25) is 0 Å². The molecule has 2 aliphatic heterocycles. The van der Waals surface area contributed by atoms with E-state index in [-0.39, 0.29) is 18.7 Å². The minimum absolute atomic E-state index is 0.0251. The van der Waals surface area contributed by atoms with Crippen molar-refractivity contribution in [3.05, 3.63) is 35.8 Å². The molecular formula is C19H28FN3O2. The highest BCUT2D eigenvalue weighted by Gasteiger charge is 2.31. The fraction of sp³-hybridized carbons (Fsp3) is 0.632. The first-order valence-electron chi connectivity index (χ1n) is 9.32. The van der Waals surface area contributed by atoms with Crippen LogP contribution >= 0.6 is 0 Å². The lowest BCUT2D eigenvalue weighted by Gasteiger charge is -2.40. The van der Waals surface area contributed by atoms with Gasteiger partial charge in [-0.3, -0.25) is 9.29 Å². The Balaban J connectivity index is 1.60. The maximum Gasteiger partial charge on any atom is 0.318 e. The van der Waals surface area contributed by atoms with E-state index in [2.05, 4.69) is 16.3 Å². The molecule has 2 amide bonds. The Morgan fingerprint density at radius 3 is 3.08 bits per heavy atom. The van der Waals surface area contributed by atoms with Crippen LogP contribution in [0.2, 0.25) is 0 Å². The maximum atomic E-state index is 12.7. The lowest BCUT2D eigenvalue weighted by molar-refractivity contribution is 0.155. The molecule has 0 unspecified atom stereocenters. The van der Waals surface area contributed by atoms with Crippen LogP contribution in [0.4, 0.5) is 9.18 Å². The molecule has 25 heavy (non-hydrogen) atoms. The van der Waals surface area contributed by atoms with Gasteiger partial charge < -0.3 is 14.6 Å². The number of furan rings is 1. The molecule has 0 spiro atoms. The second-order valence-corrected chi connectivity index (χ2v) is 6.83. The normalized spacial score (nSPS) is 21.9. The van der Waals surface area contributed by atoms with E-state index < -0.39 is 0 Å². The topological polar surface area (TPSA) is 48.7 Å². The van der Waals surface area contributed by atoms with E-state index in [1.807, 2.05) is 17.0 Å². The molecule has 138 valence electrons. The van der Waals surface area contributed by atoms with E-state index in [9.17, 15) is 9.18 Å². The largest absolute Gasteiger partial charge is 0.467 e. The lowest BCUT2D eigenvalue weighted by Crippen LogP contribution is -2.51. The first kappa shape index (κ1) is 18.0. The summed E-state index contributed by atoms with van der Waals surface area (Å²) >= 11 is 0. The molecule has 0 radical (unpaired) electrons. The number of carbonyl (C=O) groups excluding carboxylic acids is 1. The van der Waals surface area contributed by atoms with Crippen LogP contribution in [0.1, 0.15) is 37.9 Å². The quantitative estimate of drug-likeness (QED) is 0.802. The van der Waals surface area contributed by atoms with E-state index >= 15 is 0 Å². The average Bonchev–Trinajstić information content (AvgIpc) is 3.18. The van der Waals surface area contributed by atoms with Crippen molar-refractivity contribution in [3.8, 4) is 0 Å². The van der Waals surface area contributed by atoms with E-state index in [0.717, 1.165) is 57.6 Å². The third-order valence-corrected chi connectivity index (χ3v) is 5.05. The summed E-state index contributed by atoms with van der Waals surface area (Å²) in [5.74, 6) is 0.760. The average molecular weight is 349 g/mol. The zero-order valence-electron chi connectivity index (χ0n) is 14.8. The fourth-order valence-corrected chi connectivity index (χ4v) is 3.79. The van der Waals surface area contributed by atoms with Crippen molar-refractivity contribution < 1.29 is 13.6 Å². The van der Waals surface area contributed by atoms with Gasteiger partial charge in [0.25, 0.3) is 0 Å². The second kappa shape index (κ2) is 9.04. The number of alkyl halides is 1. The van der Waals surface area contributed by atoms with E-state index in [1.54, 1.807) is 6.26 Å². The SMILES string of the molecule is O=C(NCc1ccco1)N1CCCC[C@H]1C1=CCCN(CCCF)C1. The fourth-order valence-electron chi connectivity index (χ4n) is 3.79. The number of halogens is 1. The molecular weight excluding hydrogens is 321 g/mol. The molecule has 1 aromatic rings. The summed E-state index contributed by atoms with van der Waals surface area (Å²) in [4.78, 5) is 17.0. The Morgan fingerprint density at radius 1 is 1.36 bits per heavy atom. The molecule has 6 heteroatoms. The Hall–Kier alpha value is -1.82. The molecule has 0 saturated carbocycles. The highest BCUT2D eigenvalue weighted by atomic mass is 19.1. The first-order valence-corrected chi connectivity index (χ1v) is 9.32. The van der Waals surface area contributed by atoms with Gasteiger partial charge in [-0.25, -0.2) is 4.79 Å². The zero-order valence-corrected chi connectivity index (χ0v) is 14.8. The number of amides is 2. The lowest BCUT2D eigenvalue weighted by atomic mass is 9.92. The third-order valence-electron chi connectivity index (χ3n) is 5.05. The molecule has 3 rings (SSSR count). The Kier molecular flexibility index (Phi) is 6.50. The van der Waals surface area contributed by atoms with Crippen LogP contribution in [0.25, 0.3) is 0 Å². The number of urea groups is 1. The molecule has 3 heterocycles. The van der Waals surface area contributed by atoms with E-state index in [4.69, 9.17) is 4.42 Å². The number of likely N-dealkylation sites (tertiary alicyclic amines) is 1. The van der Waals surface area contributed by atoms with Crippen LogP contribution in [0.15, 0.2) is 34.5 Å². The van der Waals surface area contributed by atoms with E-state index in [0.29, 0.717) is 13.0 Å². The summed E-state index contributed by atoms with van der Waals surface area (Å²) in [6.07, 6.45) is 8.68. The molecule has 1 saturated heterocycles. The number of rotatable bonds is 6. The first-order chi connectivity index (χ1) is 12.3. The number of hydrogen-bond donors (Lipinski definition) is 1. The van der Waals surface area contributed by atoms with Gasteiger partial charge in [-0.05, 0) is 49.8 Å². The monoisotopic (exact) mass is 349 g/mol. The molecule has 0 bridgehead atoms. The van der Waals surface area contributed by atoms with Gasteiger partial charge in [-0.15, -0.1) is 0 Å². The highest BCUT2D eigenvalue weighted by Crippen LogP contribution is 2.26. The van der Waals surface area contributed by atoms with Crippen molar-refractivity contribution in [2.45, 2.75) is 44.7 Å². The van der Waals surface area contributed by atoms with Gasteiger partial charge in [0.1, 0.15) is 5.76 Å². The number of nitrogens with zero attached hydrogens (tertiary/aromatic N) is 2. The summed E-state index contributed by atoms with van der Waals surface area (Å²) < 4.78 is 17.7. The predicted molar refractivity (Wildman–Crippen MR) is 95.0 cm³/mol. The summed E-state index contributed by atoms with van der Waals surface area (Å²) in [6.45, 7) is 3.58. The maximum absolute atomic E-state index is 12.7. The minimum Gasteiger partial charge on any atom is -0.467 e. The van der Waals surface area contributed by atoms with Gasteiger partial charge in [0.15, 0.2) is 0 Å². The minimum atomic E-state index is -0.264. The Bertz CT molecular complexity index is 573. The van der Waals surface area contributed by atoms with Crippen LogP contribution in [-0.2, 0) is 6.54 Å². The summed E-state index contributed by atoms with van der Waals surface area (Å²) in [5, 5.41) is 2.97. The summed E-state index contributed by atoms with van der Waals surface area (Å²) in [7, 11) is 0. The molecule has 2 aliphatic rings. The smallest absolute Gasteiger partial charge is 0.318 e. The number of nitrogens with one attached hydrogen (secondary N) is 1. The Morgan fingerprint density at radius 2 is 2.28 bits per heavy atom. The van der Waals surface area contributed by atoms with Crippen molar-refractivity contribution >= 4 is 6.03 Å². The standard InChI is InChI=1S/C19H28FN3O2/c20-9-5-11-22-10-3-6-16(15-22)18-8-1-2-12-23(18)19(24)21-14-17-7-4-13-25-17/h4,6-7,13,18H,1-3,5,8-12,14-15H2,(H,21,24)/t18-/m0/s1. The summed E-state index contributed by atoms with van der Waals surface area (Å²) in [6, 6.07) is 3.83. The number of carbonyl (C=O) groups is 1. The van der Waals surface area contributed by atoms with Gasteiger partial charge in [-0.1, -0.05) is 6.08 Å². The molecule has 0 aromatic carbocycles. The van der Waals surface area contributed by atoms with Crippen LogP contribution in [0.3, 0.4) is 0 Å². The van der Waals surface area contributed by atoms with Crippen LogP contribution in [0.5, 0.6) is 0 Å². The number of hydrogen-bond acceptors (Lipinski definition) is 3. The molecule has 1 aromatic heterocycles. The predicted octanol–water partition coefficient (Wildman–Crippen LogP) is 3.34. The zero-order chi connectivity index (χ0) is 17.5. The van der Waals surface area contributed by atoms with Crippen LogP contribution < -0.4 is 5.32 Å². The van der Waals surface area contributed by atoms with Gasteiger partial charge in [0.05, 0.1) is 25.5 Å². The molecule has 0 aliphatic carbocycles. The van der Waals surface area contributed by atoms with Crippen molar-refractivity contribution in [2.75, 3.05) is 32.9 Å². The van der Waals surface area contributed by atoms with E-state index in [1.165, 1.54) is 5.57 Å². The van der Waals surface area contributed by atoms with Crippen molar-refractivity contribution in [2.24, 2.45) is 0 Å². The highest BCUT2D eigenvalue weighted by molar-refractivity contribution is 5.75. The Labute approximate surface area is 148 Å². The van der Waals surface area contributed by atoms with Crippen molar-refractivity contribution in [1.29, 1.82) is 0 Å². The molecule has 1 fully saturated rings. The molecule has 1 atom stereocenters. The molecule has 5 nitrogen and oxygen atoms in total. The van der Waals surface area contributed by atoms with Gasteiger partial charge >= 0.3 is 6.03 Å².